The van der Waals surface area contributed by atoms with Crippen molar-refractivity contribution in [1.29, 1.82) is 0 Å². The van der Waals surface area contributed by atoms with E-state index >= 15 is 0 Å². The largest absolute Gasteiger partial charge is 0.377 e. The Labute approximate surface area is 100 Å². The van der Waals surface area contributed by atoms with Crippen LogP contribution in [0.4, 0.5) is 0 Å². The molecule has 2 rings (SSSR count). The highest BCUT2D eigenvalue weighted by molar-refractivity contribution is 4.97. The Balaban J connectivity index is 2.03. The summed E-state index contributed by atoms with van der Waals surface area (Å²) in [4.78, 5) is 0. The van der Waals surface area contributed by atoms with Crippen LogP contribution >= 0.6 is 0 Å². The maximum absolute atomic E-state index is 5.95. The standard InChI is InChI=1S/C14H27NO/c1-14(16-2,12-8-4-3-5-9-12)13-10-6-7-11-15-13/h12-13,15H,3-11H2,1-2H3/t13-,14+/m0/s1. The van der Waals surface area contributed by atoms with Gasteiger partial charge < -0.3 is 10.1 Å². The van der Waals surface area contributed by atoms with Crippen molar-refractivity contribution in [1.82, 2.24) is 5.32 Å². The van der Waals surface area contributed by atoms with Gasteiger partial charge in [0.25, 0.3) is 0 Å². The van der Waals surface area contributed by atoms with Crippen molar-refractivity contribution in [3.8, 4) is 0 Å². The zero-order valence-electron chi connectivity index (χ0n) is 10.9. The number of hydrogen-bond acceptors (Lipinski definition) is 2. The summed E-state index contributed by atoms with van der Waals surface area (Å²) in [6.45, 7) is 3.52. The van der Waals surface area contributed by atoms with Crippen molar-refractivity contribution in [2.45, 2.75) is 69.9 Å². The van der Waals surface area contributed by atoms with Gasteiger partial charge in [-0.2, -0.15) is 0 Å². The first kappa shape index (κ1) is 12.4. The molecule has 2 heteroatoms. The second-order valence-corrected chi connectivity index (χ2v) is 5.73. The van der Waals surface area contributed by atoms with E-state index in [9.17, 15) is 0 Å². The van der Waals surface area contributed by atoms with E-state index in [0.29, 0.717) is 6.04 Å². The lowest BCUT2D eigenvalue weighted by Gasteiger charge is -2.46. The summed E-state index contributed by atoms with van der Waals surface area (Å²) < 4.78 is 5.95. The molecule has 1 N–H and O–H groups in total. The molecule has 1 saturated carbocycles. The highest BCUT2D eigenvalue weighted by Crippen LogP contribution is 2.38. The quantitative estimate of drug-likeness (QED) is 0.797. The van der Waals surface area contributed by atoms with E-state index in [1.165, 1.54) is 57.9 Å². The molecule has 2 fully saturated rings. The van der Waals surface area contributed by atoms with Gasteiger partial charge in [0.15, 0.2) is 0 Å². The van der Waals surface area contributed by atoms with E-state index in [1.54, 1.807) is 0 Å². The monoisotopic (exact) mass is 225 g/mol. The van der Waals surface area contributed by atoms with Crippen molar-refractivity contribution >= 4 is 0 Å². The Kier molecular flexibility index (Phi) is 4.26. The van der Waals surface area contributed by atoms with Crippen LogP contribution in [0.5, 0.6) is 0 Å². The van der Waals surface area contributed by atoms with Crippen LogP contribution in [0, 0.1) is 5.92 Å². The van der Waals surface area contributed by atoms with Crippen LogP contribution in [0.1, 0.15) is 58.3 Å². The van der Waals surface area contributed by atoms with E-state index in [1.807, 2.05) is 7.11 Å². The fourth-order valence-electron chi connectivity index (χ4n) is 3.61. The molecule has 0 amide bonds. The van der Waals surface area contributed by atoms with Crippen molar-refractivity contribution in [2.75, 3.05) is 13.7 Å². The van der Waals surface area contributed by atoms with E-state index in [0.717, 1.165) is 5.92 Å². The molecule has 0 aromatic carbocycles. The molecule has 0 bridgehead atoms. The summed E-state index contributed by atoms with van der Waals surface area (Å²) >= 11 is 0. The van der Waals surface area contributed by atoms with Crippen LogP contribution in [0.3, 0.4) is 0 Å². The smallest absolute Gasteiger partial charge is 0.0830 e. The van der Waals surface area contributed by atoms with Gasteiger partial charge in [-0.25, -0.2) is 0 Å². The van der Waals surface area contributed by atoms with Gasteiger partial charge in [0.2, 0.25) is 0 Å². The average Bonchev–Trinajstić information content (AvgIpc) is 2.40. The first-order valence-electron chi connectivity index (χ1n) is 7.06. The van der Waals surface area contributed by atoms with Gasteiger partial charge in [-0.1, -0.05) is 25.7 Å². The second kappa shape index (κ2) is 5.50. The third-order valence-corrected chi connectivity index (χ3v) is 4.86. The highest BCUT2D eigenvalue weighted by atomic mass is 16.5. The molecule has 0 unspecified atom stereocenters. The van der Waals surface area contributed by atoms with Crippen LogP contribution in [-0.4, -0.2) is 25.3 Å². The predicted molar refractivity (Wildman–Crippen MR) is 67.6 cm³/mol. The number of hydrogen-bond donors (Lipinski definition) is 1. The molecule has 1 heterocycles. The zero-order valence-corrected chi connectivity index (χ0v) is 10.9. The number of methoxy groups -OCH3 is 1. The van der Waals surface area contributed by atoms with Crippen molar-refractivity contribution in [2.24, 2.45) is 5.92 Å². The minimum atomic E-state index is 0.0703. The molecule has 0 aromatic rings. The lowest BCUT2D eigenvalue weighted by Crippen LogP contribution is -2.56. The first-order chi connectivity index (χ1) is 7.77. The fourth-order valence-corrected chi connectivity index (χ4v) is 3.61. The third-order valence-electron chi connectivity index (χ3n) is 4.86. The summed E-state index contributed by atoms with van der Waals surface area (Å²) in [6.07, 6.45) is 10.9. The van der Waals surface area contributed by atoms with Gasteiger partial charge in [0.05, 0.1) is 5.60 Å². The van der Waals surface area contributed by atoms with Crippen molar-refractivity contribution in [3.63, 3.8) is 0 Å². The molecule has 0 spiro atoms. The molecule has 1 saturated heterocycles. The minimum absolute atomic E-state index is 0.0703. The highest BCUT2D eigenvalue weighted by Gasteiger charge is 2.42. The Hall–Kier alpha value is -0.0800. The summed E-state index contributed by atoms with van der Waals surface area (Å²) in [7, 11) is 1.91. The van der Waals surface area contributed by atoms with Crippen LogP contribution in [-0.2, 0) is 4.74 Å². The lowest BCUT2D eigenvalue weighted by molar-refractivity contribution is -0.0867. The molecule has 1 aliphatic carbocycles. The first-order valence-corrected chi connectivity index (χ1v) is 7.06. The summed E-state index contributed by atoms with van der Waals surface area (Å²) in [5.74, 6) is 0.766. The average molecular weight is 225 g/mol. The molecule has 0 radical (unpaired) electrons. The maximum Gasteiger partial charge on any atom is 0.0830 e. The Morgan fingerprint density at radius 3 is 2.25 bits per heavy atom. The molecule has 2 atom stereocenters. The van der Waals surface area contributed by atoms with E-state index in [4.69, 9.17) is 4.74 Å². The minimum Gasteiger partial charge on any atom is -0.377 e. The van der Waals surface area contributed by atoms with Gasteiger partial charge in [0.1, 0.15) is 0 Å². The molecule has 94 valence electrons. The Morgan fingerprint density at radius 2 is 1.69 bits per heavy atom. The number of nitrogens with one attached hydrogen (secondary N) is 1. The number of ether oxygens (including phenoxy) is 1. The van der Waals surface area contributed by atoms with E-state index in [2.05, 4.69) is 12.2 Å². The second-order valence-electron chi connectivity index (χ2n) is 5.73. The zero-order chi connectivity index (χ0) is 11.4. The van der Waals surface area contributed by atoms with Gasteiger partial charge in [0, 0.05) is 13.2 Å². The molecule has 16 heavy (non-hydrogen) atoms. The van der Waals surface area contributed by atoms with Gasteiger partial charge in [-0.15, -0.1) is 0 Å². The van der Waals surface area contributed by atoms with Crippen LogP contribution in [0.25, 0.3) is 0 Å². The van der Waals surface area contributed by atoms with Crippen LogP contribution < -0.4 is 5.32 Å². The molecule has 1 aliphatic heterocycles. The van der Waals surface area contributed by atoms with Crippen molar-refractivity contribution in [3.05, 3.63) is 0 Å². The molecular weight excluding hydrogens is 198 g/mol. The molecule has 0 aromatic heterocycles. The van der Waals surface area contributed by atoms with Gasteiger partial charge in [-0.05, 0) is 45.1 Å². The van der Waals surface area contributed by atoms with Gasteiger partial charge >= 0.3 is 0 Å². The summed E-state index contributed by atoms with van der Waals surface area (Å²) in [6, 6.07) is 0.578. The van der Waals surface area contributed by atoms with E-state index < -0.39 is 0 Å². The van der Waals surface area contributed by atoms with Crippen LogP contribution in [0.2, 0.25) is 0 Å². The van der Waals surface area contributed by atoms with Crippen molar-refractivity contribution < 1.29 is 4.74 Å². The van der Waals surface area contributed by atoms with Gasteiger partial charge in [-0.3, -0.25) is 0 Å². The molecular formula is C14H27NO. The van der Waals surface area contributed by atoms with Crippen LogP contribution in [0.15, 0.2) is 0 Å². The predicted octanol–water partition coefficient (Wildman–Crippen LogP) is 3.11. The van der Waals surface area contributed by atoms with E-state index in [-0.39, 0.29) is 5.60 Å². The maximum atomic E-state index is 5.95. The topological polar surface area (TPSA) is 21.3 Å². The number of rotatable bonds is 3. The molecule has 2 aliphatic rings. The third kappa shape index (κ3) is 2.43. The lowest BCUT2D eigenvalue weighted by atomic mass is 9.72. The number of piperidine rings is 1. The Morgan fingerprint density at radius 1 is 1.00 bits per heavy atom. The fraction of sp³-hybridized carbons (Fsp3) is 1.00. The Bertz CT molecular complexity index is 187. The normalized spacial score (nSPS) is 32.2. The summed E-state index contributed by atoms with van der Waals surface area (Å²) in [5.41, 5.74) is 0.0703. The summed E-state index contributed by atoms with van der Waals surface area (Å²) in [5, 5.41) is 3.68. The SMILES string of the molecule is CO[C@](C)(C1CCCCC1)[C@@H]1CCCCN1. The molecule has 2 nitrogen and oxygen atoms in total.